The fraction of sp³-hybridized carbons (Fsp3) is 0.200. The van der Waals surface area contributed by atoms with Gasteiger partial charge >= 0.3 is 5.97 Å². The maximum atomic E-state index is 10.9. The summed E-state index contributed by atoms with van der Waals surface area (Å²) in [6.45, 7) is 2.09. The van der Waals surface area contributed by atoms with Crippen molar-refractivity contribution in [1.29, 1.82) is 0 Å². The van der Waals surface area contributed by atoms with Crippen LogP contribution in [0.5, 0.6) is 0 Å². The van der Waals surface area contributed by atoms with Crippen LogP contribution in [-0.4, -0.2) is 34.0 Å². The third-order valence-corrected chi connectivity index (χ3v) is 5.57. The minimum Gasteiger partial charge on any atom is -0.481 e. The van der Waals surface area contributed by atoms with Crippen LogP contribution >= 0.6 is 11.3 Å². The molecule has 126 valence electrons. The number of nitrogens with zero attached hydrogens (tertiary/aromatic N) is 2. The monoisotopic (exact) mass is 350 g/mol. The summed E-state index contributed by atoms with van der Waals surface area (Å²) in [5, 5.41) is 9.95. The highest BCUT2D eigenvalue weighted by Gasteiger charge is 2.32. The molecule has 5 heteroatoms. The van der Waals surface area contributed by atoms with E-state index < -0.39 is 5.97 Å². The van der Waals surface area contributed by atoms with Gasteiger partial charge in [-0.15, -0.1) is 11.3 Å². The molecule has 0 amide bonds. The second-order valence-electron chi connectivity index (χ2n) is 6.32. The van der Waals surface area contributed by atoms with E-state index in [0.717, 1.165) is 17.1 Å². The van der Waals surface area contributed by atoms with Gasteiger partial charge in [0, 0.05) is 31.4 Å². The van der Waals surface area contributed by atoms with Crippen molar-refractivity contribution in [2.45, 2.75) is 6.54 Å². The average molecular weight is 350 g/mol. The minimum atomic E-state index is -0.690. The molecule has 2 heterocycles. The number of hydrogen-bond acceptors (Lipinski definition) is 4. The number of hydrogen-bond donors (Lipinski definition) is 1. The molecule has 1 aliphatic heterocycles. The van der Waals surface area contributed by atoms with E-state index >= 15 is 0 Å². The first-order chi connectivity index (χ1) is 12.2. The van der Waals surface area contributed by atoms with Gasteiger partial charge in [0.25, 0.3) is 0 Å². The third kappa shape index (κ3) is 3.48. The minimum absolute atomic E-state index is 0.203. The molecule has 3 aromatic rings. The summed E-state index contributed by atoms with van der Waals surface area (Å²) < 4.78 is 0. The van der Waals surface area contributed by atoms with Gasteiger partial charge < -0.3 is 5.11 Å². The Morgan fingerprint density at radius 1 is 1.08 bits per heavy atom. The second-order valence-corrected chi connectivity index (χ2v) is 7.35. The highest BCUT2D eigenvalue weighted by molar-refractivity contribution is 7.18. The van der Waals surface area contributed by atoms with Crippen molar-refractivity contribution in [3.05, 3.63) is 66.4 Å². The van der Waals surface area contributed by atoms with Crippen molar-refractivity contribution < 1.29 is 9.90 Å². The van der Waals surface area contributed by atoms with Crippen molar-refractivity contribution in [2.75, 3.05) is 13.1 Å². The quantitative estimate of drug-likeness (QED) is 0.756. The number of thiazole rings is 1. The molecule has 1 fully saturated rings. The fourth-order valence-electron chi connectivity index (χ4n) is 3.01. The predicted molar refractivity (Wildman–Crippen MR) is 99.4 cm³/mol. The van der Waals surface area contributed by atoms with Crippen molar-refractivity contribution in [1.82, 2.24) is 9.88 Å². The van der Waals surface area contributed by atoms with E-state index in [0.29, 0.717) is 13.1 Å². The number of aromatic nitrogens is 1. The van der Waals surface area contributed by atoms with E-state index in [-0.39, 0.29) is 5.92 Å². The lowest BCUT2D eigenvalue weighted by Gasteiger charge is -2.36. The lowest BCUT2D eigenvalue weighted by atomic mass is 9.99. The summed E-state index contributed by atoms with van der Waals surface area (Å²) in [6.07, 6.45) is 1.93. The van der Waals surface area contributed by atoms with Crippen LogP contribution in [0.4, 0.5) is 0 Å². The molecule has 25 heavy (non-hydrogen) atoms. The van der Waals surface area contributed by atoms with Crippen LogP contribution in [0.25, 0.3) is 21.0 Å². The molecular weight excluding hydrogens is 332 g/mol. The molecule has 0 spiro atoms. The van der Waals surface area contributed by atoms with E-state index in [1.807, 2.05) is 24.4 Å². The Morgan fingerprint density at radius 3 is 2.48 bits per heavy atom. The molecule has 0 bridgehead atoms. The number of carboxylic acids is 1. The number of benzene rings is 2. The van der Waals surface area contributed by atoms with E-state index in [1.54, 1.807) is 11.3 Å². The molecule has 2 aromatic carbocycles. The Bertz CT molecular complexity index is 868. The smallest absolute Gasteiger partial charge is 0.309 e. The Morgan fingerprint density at radius 2 is 1.80 bits per heavy atom. The van der Waals surface area contributed by atoms with Crippen LogP contribution in [0.2, 0.25) is 0 Å². The van der Waals surface area contributed by atoms with Gasteiger partial charge in [0.2, 0.25) is 0 Å². The van der Waals surface area contributed by atoms with Crippen LogP contribution in [0, 0.1) is 5.92 Å². The molecule has 0 aliphatic carbocycles. The molecule has 0 radical (unpaired) electrons. The molecule has 4 nitrogen and oxygen atoms in total. The predicted octanol–water partition coefficient (Wildman–Crippen LogP) is 3.99. The van der Waals surface area contributed by atoms with Gasteiger partial charge in [-0.25, -0.2) is 4.98 Å². The maximum absolute atomic E-state index is 10.9. The number of likely N-dealkylation sites (tertiary alicyclic amines) is 1. The van der Waals surface area contributed by atoms with Crippen LogP contribution in [0.15, 0.2) is 60.8 Å². The first kappa shape index (κ1) is 16.0. The van der Waals surface area contributed by atoms with Gasteiger partial charge in [0.15, 0.2) is 0 Å². The van der Waals surface area contributed by atoms with Gasteiger partial charge in [0.05, 0.1) is 10.8 Å². The average Bonchev–Trinajstić information content (AvgIpc) is 3.09. The lowest BCUT2D eigenvalue weighted by molar-refractivity contribution is -0.147. The summed E-state index contributed by atoms with van der Waals surface area (Å²) in [6, 6.07) is 18.7. The van der Waals surface area contributed by atoms with E-state index in [9.17, 15) is 4.79 Å². The molecule has 1 saturated heterocycles. The second kappa shape index (κ2) is 6.78. The normalized spacial score (nSPS) is 15.0. The van der Waals surface area contributed by atoms with Crippen LogP contribution in [0.1, 0.15) is 5.56 Å². The zero-order valence-corrected chi connectivity index (χ0v) is 14.4. The number of carboxylic acid groups (broad SMARTS) is 1. The Kier molecular flexibility index (Phi) is 4.34. The highest BCUT2D eigenvalue weighted by atomic mass is 32.1. The van der Waals surface area contributed by atoms with Crippen LogP contribution < -0.4 is 0 Å². The van der Waals surface area contributed by atoms with Gasteiger partial charge in [-0.05, 0) is 11.1 Å². The molecule has 0 saturated carbocycles. The molecule has 0 unspecified atom stereocenters. The zero-order chi connectivity index (χ0) is 17.2. The topological polar surface area (TPSA) is 53.4 Å². The highest BCUT2D eigenvalue weighted by Crippen LogP contribution is 2.32. The SMILES string of the molecule is O=C(O)C1CN(Cc2ccc(-c3ncc(-c4ccccc4)s3)cc2)C1. The van der Waals surface area contributed by atoms with Crippen LogP contribution in [0.3, 0.4) is 0 Å². The summed E-state index contributed by atoms with van der Waals surface area (Å²) in [5.74, 6) is -0.893. The number of carbonyl (C=O) groups is 1. The van der Waals surface area contributed by atoms with Gasteiger partial charge in [0.1, 0.15) is 5.01 Å². The molecule has 4 rings (SSSR count). The maximum Gasteiger partial charge on any atom is 0.309 e. The lowest BCUT2D eigenvalue weighted by Crippen LogP contribution is -2.49. The van der Waals surface area contributed by atoms with Crippen molar-refractivity contribution in [2.24, 2.45) is 5.92 Å². The zero-order valence-electron chi connectivity index (χ0n) is 13.6. The fourth-order valence-corrected chi connectivity index (χ4v) is 3.94. The Hall–Kier alpha value is -2.50. The molecule has 0 atom stereocenters. The van der Waals surface area contributed by atoms with Crippen molar-refractivity contribution in [3.8, 4) is 21.0 Å². The molecule has 1 N–H and O–H groups in total. The van der Waals surface area contributed by atoms with E-state index in [4.69, 9.17) is 5.11 Å². The number of aliphatic carboxylic acids is 1. The summed E-state index contributed by atoms with van der Waals surface area (Å²) in [5.41, 5.74) is 3.50. The Balaban J connectivity index is 1.43. The molecular formula is C20H18N2O2S. The van der Waals surface area contributed by atoms with Gasteiger partial charge in [-0.1, -0.05) is 54.6 Å². The van der Waals surface area contributed by atoms with E-state index in [2.05, 4.69) is 46.3 Å². The summed E-state index contributed by atoms with van der Waals surface area (Å²) in [7, 11) is 0. The third-order valence-electron chi connectivity index (χ3n) is 4.48. The van der Waals surface area contributed by atoms with Gasteiger partial charge in [-0.2, -0.15) is 0 Å². The largest absolute Gasteiger partial charge is 0.481 e. The van der Waals surface area contributed by atoms with Gasteiger partial charge in [-0.3, -0.25) is 9.69 Å². The molecule has 1 aromatic heterocycles. The molecule has 1 aliphatic rings. The van der Waals surface area contributed by atoms with Crippen molar-refractivity contribution >= 4 is 17.3 Å². The standard InChI is InChI=1S/C20H18N2O2S/c23-20(24)17-12-22(13-17)11-14-6-8-16(9-7-14)19-21-10-18(25-19)15-4-2-1-3-5-15/h1-10,17H,11-13H2,(H,23,24). The van der Waals surface area contributed by atoms with Crippen molar-refractivity contribution in [3.63, 3.8) is 0 Å². The van der Waals surface area contributed by atoms with Crippen LogP contribution in [-0.2, 0) is 11.3 Å². The summed E-state index contributed by atoms with van der Waals surface area (Å²) in [4.78, 5) is 18.7. The first-order valence-electron chi connectivity index (χ1n) is 8.25. The number of rotatable bonds is 5. The summed E-state index contributed by atoms with van der Waals surface area (Å²) >= 11 is 1.69. The Labute approximate surface area is 150 Å². The first-order valence-corrected chi connectivity index (χ1v) is 9.06. The van der Waals surface area contributed by atoms with E-state index in [1.165, 1.54) is 16.0 Å².